The van der Waals surface area contributed by atoms with Crippen molar-refractivity contribution in [2.75, 3.05) is 0 Å². The Kier molecular flexibility index (Phi) is 4.07. The highest BCUT2D eigenvalue weighted by atomic mass is 32.1. The normalized spacial score (nSPS) is 13.2. The van der Waals surface area contributed by atoms with Gasteiger partial charge in [-0.25, -0.2) is 5.43 Å². The topological polar surface area (TPSA) is 50.7 Å². The fourth-order valence-electron chi connectivity index (χ4n) is 2.93. The number of carbonyl (C=O) groups excluding carboxylic acids is 1. The molecule has 1 aliphatic rings. The summed E-state index contributed by atoms with van der Waals surface area (Å²) < 4.78 is 5.92. The molecule has 1 amide bonds. The molecule has 1 aromatic heterocycles. The van der Waals surface area contributed by atoms with Gasteiger partial charge in [-0.05, 0) is 36.1 Å². The van der Waals surface area contributed by atoms with Crippen molar-refractivity contribution in [2.45, 2.75) is 12.8 Å². The average molecular weight is 348 g/mol. The van der Waals surface area contributed by atoms with Gasteiger partial charge in [0.05, 0.1) is 12.1 Å². The molecular weight excluding hydrogens is 332 g/mol. The first-order valence-corrected chi connectivity index (χ1v) is 8.85. The average Bonchev–Trinajstić information content (AvgIpc) is 3.04. The third-order valence-corrected chi connectivity index (χ3v) is 5.15. The molecule has 2 heterocycles. The summed E-state index contributed by atoms with van der Waals surface area (Å²) in [4.78, 5) is 13.9. The Morgan fingerprint density at radius 1 is 1.08 bits per heavy atom. The van der Waals surface area contributed by atoms with E-state index in [0.717, 1.165) is 21.6 Å². The number of hydrogen-bond acceptors (Lipinski definition) is 4. The predicted octanol–water partition coefficient (Wildman–Crippen LogP) is 4.44. The molecule has 1 aliphatic heterocycles. The SMILES string of the molecule is Cc1ccsc1/C=N\NC(=O)C1c2ccccc2Oc2ccccc21. The van der Waals surface area contributed by atoms with Crippen molar-refractivity contribution in [1.82, 2.24) is 5.43 Å². The van der Waals surface area contributed by atoms with E-state index in [4.69, 9.17) is 4.74 Å². The standard InChI is InChI=1S/C20H16N2O2S/c1-13-10-11-25-18(13)12-21-22-20(23)19-14-6-2-4-8-16(14)24-17-9-5-3-7-15(17)19/h2-12,19H,1H3,(H,22,23)/b21-12-. The van der Waals surface area contributed by atoms with Crippen LogP contribution >= 0.6 is 11.3 Å². The minimum atomic E-state index is -0.442. The van der Waals surface area contributed by atoms with Gasteiger partial charge in [-0.2, -0.15) is 5.10 Å². The van der Waals surface area contributed by atoms with E-state index in [1.54, 1.807) is 17.6 Å². The van der Waals surface area contributed by atoms with Crippen molar-refractivity contribution < 1.29 is 9.53 Å². The van der Waals surface area contributed by atoms with Crippen LogP contribution in [-0.4, -0.2) is 12.1 Å². The summed E-state index contributed by atoms with van der Waals surface area (Å²) in [6, 6.07) is 17.3. The second kappa shape index (κ2) is 6.53. The number of ether oxygens (including phenoxy) is 1. The van der Waals surface area contributed by atoms with E-state index < -0.39 is 5.92 Å². The van der Waals surface area contributed by atoms with Crippen LogP contribution in [-0.2, 0) is 4.79 Å². The Morgan fingerprint density at radius 3 is 2.32 bits per heavy atom. The van der Waals surface area contributed by atoms with E-state index in [1.165, 1.54) is 0 Å². The first-order chi connectivity index (χ1) is 12.2. The molecule has 4 nitrogen and oxygen atoms in total. The van der Waals surface area contributed by atoms with Gasteiger partial charge >= 0.3 is 0 Å². The highest BCUT2D eigenvalue weighted by Crippen LogP contribution is 2.43. The van der Waals surface area contributed by atoms with E-state index in [1.807, 2.05) is 66.9 Å². The number of thiophene rings is 1. The molecule has 3 aromatic rings. The predicted molar refractivity (Wildman–Crippen MR) is 99.6 cm³/mol. The third kappa shape index (κ3) is 2.94. The molecule has 0 saturated carbocycles. The monoisotopic (exact) mass is 348 g/mol. The van der Waals surface area contributed by atoms with E-state index in [-0.39, 0.29) is 5.91 Å². The highest BCUT2D eigenvalue weighted by Gasteiger charge is 2.32. The van der Waals surface area contributed by atoms with Crippen LogP contribution in [0, 0.1) is 6.92 Å². The number of rotatable bonds is 3. The zero-order valence-corrected chi connectivity index (χ0v) is 14.4. The lowest BCUT2D eigenvalue weighted by Gasteiger charge is -2.26. The molecule has 124 valence electrons. The summed E-state index contributed by atoms with van der Waals surface area (Å²) in [5.41, 5.74) is 5.52. The van der Waals surface area contributed by atoms with Crippen LogP contribution in [0.3, 0.4) is 0 Å². The molecule has 0 bridgehead atoms. The molecule has 25 heavy (non-hydrogen) atoms. The molecule has 4 rings (SSSR count). The molecule has 0 aliphatic carbocycles. The van der Waals surface area contributed by atoms with Crippen molar-refractivity contribution in [1.29, 1.82) is 0 Å². The van der Waals surface area contributed by atoms with Gasteiger partial charge in [0.25, 0.3) is 5.91 Å². The second-order valence-electron chi connectivity index (χ2n) is 5.81. The van der Waals surface area contributed by atoms with Crippen molar-refractivity contribution >= 4 is 23.5 Å². The first kappa shape index (κ1) is 15.6. The molecule has 2 aromatic carbocycles. The number of hydrogen-bond donors (Lipinski definition) is 1. The fourth-order valence-corrected chi connectivity index (χ4v) is 3.71. The Morgan fingerprint density at radius 2 is 1.72 bits per heavy atom. The van der Waals surface area contributed by atoms with Gasteiger partial charge in [-0.15, -0.1) is 11.3 Å². The second-order valence-corrected chi connectivity index (χ2v) is 6.76. The number of aryl methyl sites for hydroxylation is 1. The summed E-state index contributed by atoms with van der Waals surface area (Å²) in [6.07, 6.45) is 1.69. The van der Waals surface area contributed by atoms with Crippen molar-refractivity contribution in [3.63, 3.8) is 0 Å². The first-order valence-electron chi connectivity index (χ1n) is 7.97. The van der Waals surface area contributed by atoms with Crippen LogP contribution in [0.4, 0.5) is 0 Å². The van der Waals surface area contributed by atoms with Crippen molar-refractivity contribution in [3.05, 3.63) is 81.5 Å². The van der Waals surface area contributed by atoms with Crippen LogP contribution in [0.1, 0.15) is 27.5 Å². The molecular formula is C20H16N2O2S. The maximum absolute atomic E-state index is 12.9. The van der Waals surface area contributed by atoms with Crippen molar-refractivity contribution in [2.24, 2.45) is 5.10 Å². The minimum absolute atomic E-state index is 0.173. The number of nitrogens with one attached hydrogen (secondary N) is 1. The van der Waals surface area contributed by atoms with Gasteiger partial charge < -0.3 is 4.74 Å². The summed E-state index contributed by atoms with van der Waals surface area (Å²) in [5, 5.41) is 6.14. The van der Waals surface area contributed by atoms with Gasteiger partial charge in [-0.1, -0.05) is 36.4 Å². The third-order valence-electron chi connectivity index (χ3n) is 4.20. The van der Waals surface area contributed by atoms with Crippen molar-refractivity contribution in [3.8, 4) is 11.5 Å². The molecule has 5 heteroatoms. The van der Waals surface area contributed by atoms with Gasteiger partial charge in [0, 0.05) is 16.0 Å². The number of fused-ring (bicyclic) bond motifs is 2. The maximum atomic E-state index is 12.9. The lowest BCUT2D eigenvalue weighted by molar-refractivity contribution is -0.121. The van der Waals surface area contributed by atoms with E-state index in [0.29, 0.717) is 11.5 Å². The van der Waals surface area contributed by atoms with Crippen LogP contribution in [0.5, 0.6) is 11.5 Å². The molecule has 0 fully saturated rings. The molecule has 1 N–H and O–H groups in total. The number of benzene rings is 2. The minimum Gasteiger partial charge on any atom is -0.457 e. The lowest BCUT2D eigenvalue weighted by Crippen LogP contribution is -2.28. The van der Waals surface area contributed by atoms with Crippen LogP contribution in [0.2, 0.25) is 0 Å². The van der Waals surface area contributed by atoms with E-state index >= 15 is 0 Å². The van der Waals surface area contributed by atoms with Gasteiger partial charge in [-0.3, -0.25) is 4.79 Å². The quantitative estimate of drug-likeness (QED) is 0.562. The lowest BCUT2D eigenvalue weighted by atomic mass is 9.87. The summed E-state index contributed by atoms with van der Waals surface area (Å²) in [7, 11) is 0. The van der Waals surface area contributed by atoms with Crippen LogP contribution < -0.4 is 10.2 Å². The van der Waals surface area contributed by atoms with Gasteiger partial charge in [0.2, 0.25) is 0 Å². The van der Waals surface area contributed by atoms with Gasteiger partial charge in [0.1, 0.15) is 11.5 Å². The summed E-state index contributed by atoms with van der Waals surface area (Å²) in [5.74, 6) is 0.801. The number of carbonyl (C=O) groups is 1. The molecule has 0 radical (unpaired) electrons. The Labute approximate surface area is 149 Å². The Hall–Kier alpha value is -2.92. The number of amides is 1. The van der Waals surface area contributed by atoms with E-state index in [2.05, 4.69) is 10.5 Å². The Bertz CT molecular complexity index is 916. The number of hydrazone groups is 1. The molecule has 0 unspecified atom stereocenters. The number of nitrogens with zero attached hydrogens (tertiary/aromatic N) is 1. The molecule has 0 saturated heterocycles. The zero-order valence-electron chi connectivity index (χ0n) is 13.6. The number of para-hydroxylation sites is 2. The maximum Gasteiger partial charge on any atom is 0.252 e. The molecule has 0 spiro atoms. The smallest absolute Gasteiger partial charge is 0.252 e. The summed E-state index contributed by atoms with van der Waals surface area (Å²) >= 11 is 1.59. The zero-order chi connectivity index (χ0) is 17.2. The Balaban J connectivity index is 1.64. The fraction of sp³-hybridized carbons (Fsp3) is 0.100. The highest BCUT2D eigenvalue weighted by molar-refractivity contribution is 7.11. The van der Waals surface area contributed by atoms with E-state index in [9.17, 15) is 4.79 Å². The van der Waals surface area contributed by atoms with Crippen LogP contribution in [0.25, 0.3) is 0 Å². The van der Waals surface area contributed by atoms with Gasteiger partial charge in [0.15, 0.2) is 0 Å². The summed E-state index contributed by atoms with van der Waals surface area (Å²) in [6.45, 7) is 2.02. The molecule has 0 atom stereocenters. The van der Waals surface area contributed by atoms with Crippen LogP contribution in [0.15, 0.2) is 65.1 Å². The largest absolute Gasteiger partial charge is 0.457 e.